The summed E-state index contributed by atoms with van der Waals surface area (Å²) in [4.78, 5) is 16.1. The zero-order valence-electron chi connectivity index (χ0n) is 13.6. The first kappa shape index (κ1) is 17.0. The lowest BCUT2D eigenvalue weighted by Crippen LogP contribution is -2.51. The number of hydrogen-bond acceptors (Lipinski definition) is 5. The summed E-state index contributed by atoms with van der Waals surface area (Å²) in [5, 5.41) is 10.0. The molecule has 1 amide bonds. The summed E-state index contributed by atoms with van der Waals surface area (Å²) in [7, 11) is 0. The van der Waals surface area contributed by atoms with Crippen LogP contribution in [0.15, 0.2) is 22.8 Å². The minimum atomic E-state index is -0.508. The Bertz CT molecular complexity index is 459. The molecule has 1 aromatic rings. The molecule has 124 valence electrons. The molecule has 0 aliphatic carbocycles. The Morgan fingerprint density at radius 1 is 1.36 bits per heavy atom. The highest BCUT2D eigenvalue weighted by molar-refractivity contribution is 5.91. The zero-order valence-corrected chi connectivity index (χ0v) is 13.6. The summed E-state index contributed by atoms with van der Waals surface area (Å²) in [5.41, 5.74) is -0.241. The van der Waals surface area contributed by atoms with Crippen molar-refractivity contribution in [2.75, 3.05) is 39.3 Å². The predicted octanol–water partition coefficient (Wildman–Crippen LogP) is 1.21. The maximum Gasteiger partial charge on any atom is 0.289 e. The van der Waals surface area contributed by atoms with Gasteiger partial charge in [-0.3, -0.25) is 9.69 Å². The summed E-state index contributed by atoms with van der Waals surface area (Å²) >= 11 is 0. The minimum Gasteiger partial charge on any atom is -0.459 e. The third-order valence-corrected chi connectivity index (χ3v) is 3.57. The van der Waals surface area contributed by atoms with Crippen molar-refractivity contribution in [2.45, 2.75) is 32.5 Å². The van der Waals surface area contributed by atoms with E-state index >= 15 is 0 Å². The summed E-state index contributed by atoms with van der Waals surface area (Å²) < 4.78 is 10.7. The SMILES string of the molecule is CC(C)(C)OCC(O)CN1CCN(C(=O)c2ccco2)CC1. The molecule has 1 unspecified atom stereocenters. The molecular formula is C16H26N2O4. The normalized spacial score (nSPS) is 18.5. The number of hydrogen-bond donors (Lipinski definition) is 1. The van der Waals surface area contributed by atoms with Gasteiger partial charge < -0.3 is 19.2 Å². The number of carbonyl (C=O) groups excluding carboxylic acids is 1. The van der Waals surface area contributed by atoms with Crippen LogP contribution in [0.5, 0.6) is 0 Å². The van der Waals surface area contributed by atoms with E-state index in [0.717, 1.165) is 13.1 Å². The maximum absolute atomic E-state index is 12.1. The molecule has 1 saturated heterocycles. The van der Waals surface area contributed by atoms with Crippen molar-refractivity contribution < 1.29 is 19.1 Å². The summed E-state index contributed by atoms with van der Waals surface area (Å²) in [6, 6.07) is 3.40. The predicted molar refractivity (Wildman–Crippen MR) is 82.8 cm³/mol. The zero-order chi connectivity index (χ0) is 16.2. The smallest absolute Gasteiger partial charge is 0.289 e. The number of piperazine rings is 1. The number of aliphatic hydroxyl groups excluding tert-OH is 1. The Kier molecular flexibility index (Phi) is 5.61. The molecule has 2 heterocycles. The van der Waals surface area contributed by atoms with E-state index < -0.39 is 6.10 Å². The highest BCUT2D eigenvalue weighted by Gasteiger charge is 2.25. The Labute approximate surface area is 131 Å². The van der Waals surface area contributed by atoms with Crippen LogP contribution in [0.4, 0.5) is 0 Å². The second-order valence-corrected chi connectivity index (χ2v) is 6.65. The van der Waals surface area contributed by atoms with Crippen LogP contribution in [0.3, 0.4) is 0 Å². The molecule has 0 radical (unpaired) electrons. The largest absolute Gasteiger partial charge is 0.459 e. The monoisotopic (exact) mass is 310 g/mol. The molecule has 22 heavy (non-hydrogen) atoms. The molecule has 0 aromatic carbocycles. The number of aliphatic hydroxyl groups is 1. The summed E-state index contributed by atoms with van der Waals surface area (Å²) in [5.74, 6) is 0.313. The fourth-order valence-corrected chi connectivity index (χ4v) is 2.39. The van der Waals surface area contributed by atoms with Gasteiger partial charge in [0.1, 0.15) is 0 Å². The van der Waals surface area contributed by atoms with Crippen LogP contribution in [0.25, 0.3) is 0 Å². The lowest BCUT2D eigenvalue weighted by Gasteiger charge is -2.35. The topological polar surface area (TPSA) is 66.2 Å². The Morgan fingerprint density at radius 2 is 2.05 bits per heavy atom. The van der Waals surface area contributed by atoms with E-state index in [-0.39, 0.29) is 11.5 Å². The van der Waals surface area contributed by atoms with Gasteiger partial charge >= 0.3 is 0 Å². The number of furan rings is 1. The molecule has 0 spiro atoms. The van der Waals surface area contributed by atoms with Crippen molar-refractivity contribution in [3.05, 3.63) is 24.2 Å². The third kappa shape index (κ3) is 5.12. The van der Waals surface area contributed by atoms with Crippen LogP contribution < -0.4 is 0 Å². The minimum absolute atomic E-state index is 0.0683. The van der Waals surface area contributed by atoms with Gasteiger partial charge in [0.05, 0.1) is 24.6 Å². The molecule has 0 bridgehead atoms. The van der Waals surface area contributed by atoms with E-state index in [4.69, 9.17) is 9.15 Å². The second kappa shape index (κ2) is 7.26. The maximum atomic E-state index is 12.1. The highest BCUT2D eigenvalue weighted by atomic mass is 16.5. The number of rotatable bonds is 5. The molecule has 0 saturated carbocycles. The molecule has 6 heteroatoms. The molecule has 1 fully saturated rings. The first-order valence-corrected chi connectivity index (χ1v) is 7.72. The van der Waals surface area contributed by atoms with Crippen LogP contribution in [-0.2, 0) is 4.74 Å². The van der Waals surface area contributed by atoms with Gasteiger partial charge in [-0.1, -0.05) is 0 Å². The molecule has 1 aliphatic rings. The Balaban J connectivity index is 1.72. The highest BCUT2D eigenvalue weighted by Crippen LogP contribution is 2.11. The number of amides is 1. The molecule has 1 N–H and O–H groups in total. The average Bonchev–Trinajstić information content (AvgIpc) is 2.99. The van der Waals surface area contributed by atoms with Gasteiger partial charge in [-0.15, -0.1) is 0 Å². The quantitative estimate of drug-likeness (QED) is 0.885. The number of carbonyl (C=O) groups is 1. The summed E-state index contributed by atoms with van der Waals surface area (Å²) in [6.45, 7) is 9.60. The lowest BCUT2D eigenvalue weighted by molar-refractivity contribution is -0.0581. The molecule has 6 nitrogen and oxygen atoms in total. The van der Waals surface area contributed by atoms with E-state index in [0.29, 0.717) is 32.0 Å². The van der Waals surface area contributed by atoms with Gasteiger partial charge in [0.15, 0.2) is 5.76 Å². The van der Waals surface area contributed by atoms with Gasteiger partial charge in [-0.25, -0.2) is 0 Å². The van der Waals surface area contributed by atoms with Crippen molar-refractivity contribution >= 4 is 5.91 Å². The lowest BCUT2D eigenvalue weighted by atomic mass is 10.2. The van der Waals surface area contributed by atoms with Crippen LogP contribution in [0.1, 0.15) is 31.3 Å². The molecule has 1 atom stereocenters. The van der Waals surface area contributed by atoms with E-state index in [2.05, 4.69) is 4.90 Å². The first-order valence-electron chi connectivity index (χ1n) is 7.72. The van der Waals surface area contributed by atoms with E-state index in [1.54, 1.807) is 17.0 Å². The van der Waals surface area contributed by atoms with Crippen molar-refractivity contribution in [1.82, 2.24) is 9.80 Å². The molecule has 2 rings (SSSR count). The van der Waals surface area contributed by atoms with E-state index in [1.807, 2.05) is 20.8 Å². The van der Waals surface area contributed by atoms with Crippen molar-refractivity contribution in [1.29, 1.82) is 0 Å². The molecule has 1 aromatic heterocycles. The second-order valence-electron chi connectivity index (χ2n) is 6.65. The van der Waals surface area contributed by atoms with E-state index in [9.17, 15) is 9.90 Å². The van der Waals surface area contributed by atoms with Gasteiger partial charge in [0.2, 0.25) is 0 Å². The van der Waals surface area contributed by atoms with Crippen molar-refractivity contribution in [2.24, 2.45) is 0 Å². The number of β-amino-alcohol motifs (C(OH)–C–C–N with tert-alkyl or cyclic N) is 1. The van der Waals surface area contributed by atoms with E-state index in [1.165, 1.54) is 6.26 Å². The number of nitrogens with zero attached hydrogens (tertiary/aromatic N) is 2. The molecular weight excluding hydrogens is 284 g/mol. The van der Waals surface area contributed by atoms with Crippen LogP contribution in [0.2, 0.25) is 0 Å². The molecule has 1 aliphatic heterocycles. The third-order valence-electron chi connectivity index (χ3n) is 3.57. The Morgan fingerprint density at radius 3 is 2.59 bits per heavy atom. The van der Waals surface area contributed by atoms with Crippen LogP contribution in [0, 0.1) is 0 Å². The Hall–Kier alpha value is -1.37. The number of ether oxygens (including phenoxy) is 1. The fraction of sp³-hybridized carbons (Fsp3) is 0.688. The fourth-order valence-electron chi connectivity index (χ4n) is 2.39. The average molecular weight is 310 g/mol. The first-order chi connectivity index (χ1) is 10.3. The van der Waals surface area contributed by atoms with Gasteiger partial charge in [0.25, 0.3) is 5.91 Å². The van der Waals surface area contributed by atoms with Crippen molar-refractivity contribution in [3.8, 4) is 0 Å². The standard InChI is InChI=1S/C16H26N2O4/c1-16(2,3)22-12-13(19)11-17-6-8-18(9-7-17)15(20)14-5-4-10-21-14/h4-5,10,13,19H,6-9,11-12H2,1-3H3. The van der Waals surface area contributed by atoms with Crippen LogP contribution >= 0.6 is 0 Å². The van der Waals surface area contributed by atoms with Gasteiger partial charge in [0, 0.05) is 32.7 Å². The van der Waals surface area contributed by atoms with Gasteiger partial charge in [-0.05, 0) is 32.9 Å². The van der Waals surface area contributed by atoms with Gasteiger partial charge in [-0.2, -0.15) is 0 Å². The van der Waals surface area contributed by atoms with Crippen molar-refractivity contribution in [3.63, 3.8) is 0 Å². The summed E-state index contributed by atoms with van der Waals surface area (Å²) in [6.07, 6.45) is 1.00. The van der Waals surface area contributed by atoms with Crippen LogP contribution in [-0.4, -0.2) is 71.8 Å².